The molecule has 3 aliphatic heterocycles. The van der Waals surface area contributed by atoms with Crippen LogP contribution in [0.5, 0.6) is 11.5 Å². The van der Waals surface area contributed by atoms with Crippen molar-refractivity contribution in [3.8, 4) is 11.5 Å². The molecule has 4 aromatic heterocycles. The molecule has 0 bridgehead atoms. The number of carboxylic acids is 1. The van der Waals surface area contributed by atoms with E-state index in [4.69, 9.17) is 9.47 Å². The number of aryl methyl sites for hydroxylation is 2. The molecule has 2 aliphatic carbocycles. The molecule has 19 heteroatoms. The Hall–Kier alpha value is -6.73. The van der Waals surface area contributed by atoms with Gasteiger partial charge < -0.3 is 39.9 Å². The van der Waals surface area contributed by atoms with Gasteiger partial charge in [-0.15, -0.1) is 22.7 Å². The molecule has 5 aliphatic rings. The second-order valence-electron chi connectivity index (χ2n) is 17.2. The van der Waals surface area contributed by atoms with Crippen molar-refractivity contribution in [1.29, 1.82) is 0 Å². The SMILES string of the molecule is COc1cc2c(cc1Nc1ncnc3sc4c(c13)CC[C@H](C(=O)N1CCN(C(=O)N(C)C)CC1)C4)C=NC2.COc1cc2c(cc1Nc1ncnc3sc4c(c13)CC[C@H](C(=O)O)C4)C=NC2. The molecule has 2 atom stereocenters. The number of aliphatic imine (C=N–C) groups is 2. The molecule has 2 aromatic carbocycles. The number of anilines is 4. The van der Waals surface area contributed by atoms with E-state index in [2.05, 4.69) is 46.6 Å². The summed E-state index contributed by atoms with van der Waals surface area (Å²) < 4.78 is 11.2. The quantitative estimate of drug-likeness (QED) is 0.143. The molecule has 0 spiro atoms. The van der Waals surface area contributed by atoms with E-state index in [0.717, 1.165) is 101 Å². The van der Waals surface area contributed by atoms with Gasteiger partial charge >= 0.3 is 12.0 Å². The van der Waals surface area contributed by atoms with Gasteiger partial charge in [-0.05, 0) is 96.2 Å². The number of carbonyl (C=O) groups excluding carboxylic acids is 2. The molecular formula is C47H49N11O6S2. The molecule has 6 aromatic rings. The summed E-state index contributed by atoms with van der Waals surface area (Å²) in [6, 6.07) is 8.11. The maximum Gasteiger partial charge on any atom is 0.319 e. The summed E-state index contributed by atoms with van der Waals surface area (Å²) in [6.07, 6.45) is 11.1. The molecule has 7 heterocycles. The van der Waals surface area contributed by atoms with Crippen LogP contribution < -0.4 is 20.1 Å². The molecule has 17 nitrogen and oxygen atoms in total. The summed E-state index contributed by atoms with van der Waals surface area (Å²) in [6.45, 7) is 3.67. The highest BCUT2D eigenvalue weighted by Gasteiger charge is 2.34. The highest BCUT2D eigenvalue weighted by atomic mass is 32.1. The molecule has 1 fully saturated rings. The fourth-order valence-corrected chi connectivity index (χ4v) is 12.1. The molecule has 0 unspecified atom stereocenters. The lowest BCUT2D eigenvalue weighted by atomic mass is 9.86. The Labute approximate surface area is 388 Å². The van der Waals surface area contributed by atoms with Crippen molar-refractivity contribution in [1.82, 2.24) is 34.6 Å². The van der Waals surface area contributed by atoms with Crippen molar-refractivity contribution < 1.29 is 29.0 Å². The van der Waals surface area contributed by atoms with E-state index in [0.29, 0.717) is 58.5 Å². The molecule has 340 valence electrons. The van der Waals surface area contributed by atoms with Crippen LogP contribution in [0.4, 0.5) is 27.8 Å². The van der Waals surface area contributed by atoms with Crippen molar-refractivity contribution in [2.75, 3.05) is 65.1 Å². The van der Waals surface area contributed by atoms with Gasteiger partial charge in [-0.3, -0.25) is 19.6 Å². The zero-order valence-electron chi connectivity index (χ0n) is 37.1. The van der Waals surface area contributed by atoms with Crippen LogP contribution in [0.3, 0.4) is 0 Å². The number of benzene rings is 2. The van der Waals surface area contributed by atoms with E-state index in [1.807, 2.05) is 40.4 Å². The number of aliphatic carboxylic acids is 1. The van der Waals surface area contributed by atoms with E-state index >= 15 is 0 Å². The predicted octanol–water partition coefficient (Wildman–Crippen LogP) is 6.87. The smallest absolute Gasteiger partial charge is 0.319 e. The average Bonchev–Trinajstić information content (AvgIpc) is 4.15. The fourth-order valence-electron chi connectivity index (χ4n) is 9.56. The minimum Gasteiger partial charge on any atom is -0.495 e. The van der Waals surface area contributed by atoms with E-state index in [-0.39, 0.29) is 23.8 Å². The molecule has 11 rings (SSSR count). The summed E-state index contributed by atoms with van der Waals surface area (Å²) in [7, 11) is 6.83. The second-order valence-corrected chi connectivity index (χ2v) is 19.4. The van der Waals surface area contributed by atoms with Crippen molar-refractivity contribution >= 4 is 96.5 Å². The standard InChI is InChI=1S/C27H31N7O3S.C20H18N4O3S/c1-32(2)27(36)34-8-6-33(7-9-34)26(35)16-4-5-19-22(12-16)38-25-23(19)24(29-15-30-25)31-20-10-17-13-28-14-18(17)11-21(20)37-3;1-27-15-5-12-8-21-7-11(12)4-14(15)24-18-17-13-3-2-10(20(25)26)6-16(13)28-19(17)23-9-22-18/h10-11,13,15-16H,4-9,12,14H2,1-3H3,(H,29,30,31);4-5,7,9-10H,2-3,6,8H2,1H3,(H,25,26)(H,22,23,24)/t16-;10-/m00/s1. The van der Waals surface area contributed by atoms with E-state index < -0.39 is 5.97 Å². The monoisotopic (exact) mass is 927 g/mol. The van der Waals surface area contributed by atoms with Gasteiger partial charge in [0, 0.05) is 68.4 Å². The van der Waals surface area contributed by atoms with Crippen LogP contribution in [0, 0.1) is 11.8 Å². The first kappa shape index (κ1) is 43.2. The number of methoxy groups -OCH3 is 2. The minimum absolute atomic E-state index is 0.000783. The first-order chi connectivity index (χ1) is 32.1. The van der Waals surface area contributed by atoms with Gasteiger partial charge in [-0.25, -0.2) is 24.7 Å². The van der Waals surface area contributed by atoms with Gasteiger partial charge in [0.05, 0.1) is 55.4 Å². The number of ether oxygens (including phenoxy) is 2. The number of carbonyl (C=O) groups is 3. The van der Waals surface area contributed by atoms with Gasteiger partial charge in [0.1, 0.15) is 45.5 Å². The third-order valence-electron chi connectivity index (χ3n) is 13.0. The van der Waals surface area contributed by atoms with Crippen molar-refractivity contribution in [2.24, 2.45) is 21.8 Å². The second kappa shape index (κ2) is 17.9. The third kappa shape index (κ3) is 8.14. The van der Waals surface area contributed by atoms with E-state index in [1.54, 1.807) is 68.5 Å². The van der Waals surface area contributed by atoms with Crippen molar-refractivity contribution in [3.05, 3.63) is 80.1 Å². The molecule has 0 saturated carbocycles. The topological polar surface area (TPSA) is 200 Å². The Morgan fingerprint density at radius 2 is 1.18 bits per heavy atom. The largest absolute Gasteiger partial charge is 0.495 e. The maximum absolute atomic E-state index is 13.4. The number of urea groups is 1. The van der Waals surface area contributed by atoms with Crippen LogP contribution in [-0.2, 0) is 48.4 Å². The van der Waals surface area contributed by atoms with Crippen molar-refractivity contribution in [2.45, 2.75) is 51.6 Å². The number of piperazine rings is 1. The van der Waals surface area contributed by atoms with Crippen LogP contribution in [0.15, 0.2) is 46.9 Å². The first-order valence-electron chi connectivity index (χ1n) is 22.0. The normalized spacial score (nSPS) is 17.9. The molecule has 66 heavy (non-hydrogen) atoms. The molecular weight excluding hydrogens is 879 g/mol. The number of fused-ring (bicyclic) bond motifs is 8. The van der Waals surface area contributed by atoms with E-state index in [9.17, 15) is 19.5 Å². The number of nitrogens with one attached hydrogen (secondary N) is 2. The number of nitrogens with zero attached hydrogens (tertiary/aromatic N) is 9. The Bertz CT molecular complexity index is 2970. The van der Waals surface area contributed by atoms with Crippen LogP contribution in [0.1, 0.15) is 56.0 Å². The highest BCUT2D eigenvalue weighted by Crippen LogP contribution is 2.44. The molecule has 3 N–H and O–H groups in total. The Morgan fingerprint density at radius 3 is 1.67 bits per heavy atom. The van der Waals surface area contributed by atoms with Gasteiger partial charge in [0.25, 0.3) is 0 Å². The lowest BCUT2D eigenvalue weighted by Crippen LogP contribution is -2.54. The van der Waals surface area contributed by atoms with E-state index in [1.165, 1.54) is 16.0 Å². The number of thiophene rings is 2. The van der Waals surface area contributed by atoms with Crippen molar-refractivity contribution in [3.63, 3.8) is 0 Å². The maximum atomic E-state index is 13.4. The fraction of sp³-hybridized carbons (Fsp3) is 0.383. The number of hydrogen-bond donors (Lipinski definition) is 3. The third-order valence-corrected chi connectivity index (χ3v) is 15.4. The highest BCUT2D eigenvalue weighted by molar-refractivity contribution is 7.19. The predicted molar refractivity (Wildman–Crippen MR) is 256 cm³/mol. The van der Waals surface area contributed by atoms with Gasteiger partial charge in [0.15, 0.2) is 0 Å². The molecule has 3 amide bonds. The van der Waals surface area contributed by atoms with Crippen LogP contribution >= 0.6 is 22.7 Å². The Balaban J connectivity index is 0.000000162. The Kier molecular flexibility index (Phi) is 11.7. The number of amides is 3. The molecule has 0 radical (unpaired) electrons. The lowest BCUT2D eigenvalue weighted by molar-refractivity contribution is -0.142. The summed E-state index contributed by atoms with van der Waals surface area (Å²) in [4.78, 5) is 73.3. The van der Waals surface area contributed by atoms with Crippen LogP contribution in [0.2, 0.25) is 0 Å². The number of hydrogen-bond acceptors (Lipinski definition) is 15. The van der Waals surface area contributed by atoms with Gasteiger partial charge in [-0.2, -0.15) is 0 Å². The summed E-state index contributed by atoms with van der Waals surface area (Å²) in [5.74, 6) is 2.08. The molecule has 1 saturated heterocycles. The number of aromatic nitrogens is 4. The summed E-state index contributed by atoms with van der Waals surface area (Å²) in [5, 5.41) is 18.3. The Morgan fingerprint density at radius 1 is 0.697 bits per heavy atom. The van der Waals surface area contributed by atoms with Crippen LogP contribution in [0.25, 0.3) is 20.4 Å². The number of rotatable bonds is 8. The first-order valence-corrected chi connectivity index (χ1v) is 23.6. The van der Waals surface area contributed by atoms with Crippen LogP contribution in [-0.4, -0.2) is 125 Å². The minimum atomic E-state index is -0.725. The summed E-state index contributed by atoms with van der Waals surface area (Å²) >= 11 is 3.23. The lowest BCUT2D eigenvalue weighted by Gasteiger charge is -2.38. The van der Waals surface area contributed by atoms with Gasteiger partial charge in [-0.1, -0.05) is 0 Å². The van der Waals surface area contributed by atoms with Gasteiger partial charge in [0.2, 0.25) is 5.91 Å². The summed E-state index contributed by atoms with van der Waals surface area (Å²) in [5.41, 5.74) is 8.52. The average molecular weight is 928 g/mol. The number of carboxylic acid groups (broad SMARTS) is 1. The zero-order chi connectivity index (χ0) is 45.6. The zero-order valence-corrected chi connectivity index (χ0v) is 38.7.